The molecule has 0 atom stereocenters. The zero-order valence-corrected chi connectivity index (χ0v) is 8.99. The minimum absolute atomic E-state index is 0.219. The molecular formula is C9H22N2O2. The molecule has 0 bridgehead atoms. The van der Waals surface area contributed by atoms with E-state index < -0.39 is 0 Å². The smallest absolute Gasteiger partial charge is 0.0589 e. The Hall–Kier alpha value is -0.160. The van der Waals surface area contributed by atoms with E-state index in [2.05, 4.69) is 9.80 Å². The highest BCUT2D eigenvalue weighted by Gasteiger charge is 2.03. The van der Waals surface area contributed by atoms with E-state index in [4.69, 9.17) is 9.84 Å². The molecule has 4 heteroatoms. The van der Waals surface area contributed by atoms with Crippen LogP contribution in [0.3, 0.4) is 0 Å². The fourth-order valence-corrected chi connectivity index (χ4v) is 1.04. The summed E-state index contributed by atoms with van der Waals surface area (Å²) < 4.78 is 4.99. The monoisotopic (exact) mass is 190 g/mol. The first-order chi connectivity index (χ1) is 6.20. The molecule has 1 N–H and O–H groups in total. The highest BCUT2D eigenvalue weighted by Crippen LogP contribution is 1.88. The second-order valence-corrected chi connectivity index (χ2v) is 3.36. The minimum atomic E-state index is 0.219. The van der Waals surface area contributed by atoms with Gasteiger partial charge in [-0.3, -0.25) is 4.90 Å². The molecule has 0 aromatic rings. The number of methoxy groups -OCH3 is 1. The Balaban J connectivity index is 3.53. The summed E-state index contributed by atoms with van der Waals surface area (Å²) in [7, 11) is 5.80. The molecule has 0 aromatic heterocycles. The van der Waals surface area contributed by atoms with Gasteiger partial charge in [-0.1, -0.05) is 0 Å². The van der Waals surface area contributed by atoms with Crippen LogP contribution in [0.2, 0.25) is 0 Å². The predicted octanol–water partition coefficient (Wildman–Crippen LogP) is -0.511. The van der Waals surface area contributed by atoms with E-state index in [1.807, 2.05) is 14.1 Å². The average molecular weight is 190 g/mol. The molecule has 0 unspecified atom stereocenters. The summed E-state index contributed by atoms with van der Waals surface area (Å²) in [6.45, 7) is 4.58. The molecule has 0 aliphatic carbocycles. The lowest BCUT2D eigenvalue weighted by molar-refractivity contribution is 0.125. The van der Waals surface area contributed by atoms with Gasteiger partial charge in [-0.2, -0.15) is 0 Å². The number of ether oxygens (including phenoxy) is 1. The Morgan fingerprint density at radius 2 is 1.77 bits per heavy atom. The van der Waals surface area contributed by atoms with E-state index in [-0.39, 0.29) is 6.61 Å². The maximum absolute atomic E-state index is 8.81. The van der Waals surface area contributed by atoms with Crippen molar-refractivity contribution in [3.8, 4) is 0 Å². The largest absolute Gasteiger partial charge is 0.395 e. The summed E-state index contributed by atoms with van der Waals surface area (Å²) >= 11 is 0. The molecule has 0 aliphatic heterocycles. The van der Waals surface area contributed by atoms with Gasteiger partial charge in [0.05, 0.1) is 13.2 Å². The van der Waals surface area contributed by atoms with E-state index >= 15 is 0 Å². The quantitative estimate of drug-likeness (QED) is 0.559. The molecule has 80 valence electrons. The molecule has 0 aliphatic rings. The van der Waals surface area contributed by atoms with E-state index in [9.17, 15) is 0 Å². The fourth-order valence-electron chi connectivity index (χ4n) is 1.04. The second-order valence-electron chi connectivity index (χ2n) is 3.36. The first-order valence-corrected chi connectivity index (χ1v) is 4.67. The van der Waals surface area contributed by atoms with Crippen molar-refractivity contribution in [2.24, 2.45) is 0 Å². The van der Waals surface area contributed by atoms with Crippen molar-refractivity contribution < 1.29 is 9.84 Å². The summed E-state index contributed by atoms with van der Waals surface area (Å²) in [6, 6.07) is 0. The molecule has 0 aromatic carbocycles. The van der Waals surface area contributed by atoms with Crippen LogP contribution in [0.15, 0.2) is 0 Å². The van der Waals surface area contributed by atoms with Crippen LogP contribution in [0.25, 0.3) is 0 Å². The topological polar surface area (TPSA) is 35.9 Å². The van der Waals surface area contributed by atoms with Crippen molar-refractivity contribution in [2.45, 2.75) is 0 Å². The summed E-state index contributed by atoms with van der Waals surface area (Å²) in [6.07, 6.45) is 0. The van der Waals surface area contributed by atoms with Gasteiger partial charge in [0, 0.05) is 33.3 Å². The van der Waals surface area contributed by atoms with Crippen LogP contribution in [-0.4, -0.2) is 75.5 Å². The van der Waals surface area contributed by atoms with Crippen LogP contribution < -0.4 is 0 Å². The zero-order valence-electron chi connectivity index (χ0n) is 8.99. The lowest BCUT2D eigenvalue weighted by atomic mass is 10.4. The molecule has 4 nitrogen and oxygen atoms in total. The zero-order chi connectivity index (χ0) is 10.1. The Labute approximate surface area is 81.1 Å². The first-order valence-electron chi connectivity index (χ1n) is 4.67. The molecule has 0 rings (SSSR count). The predicted molar refractivity (Wildman–Crippen MR) is 54.0 cm³/mol. The Morgan fingerprint density at radius 1 is 1.08 bits per heavy atom. The van der Waals surface area contributed by atoms with Gasteiger partial charge in [0.2, 0.25) is 0 Å². The molecule has 0 fully saturated rings. The van der Waals surface area contributed by atoms with Crippen LogP contribution in [0.4, 0.5) is 0 Å². The van der Waals surface area contributed by atoms with Crippen molar-refractivity contribution >= 4 is 0 Å². The van der Waals surface area contributed by atoms with Crippen molar-refractivity contribution in [1.82, 2.24) is 9.80 Å². The lowest BCUT2D eigenvalue weighted by Gasteiger charge is -2.22. The van der Waals surface area contributed by atoms with Gasteiger partial charge in [0.25, 0.3) is 0 Å². The lowest BCUT2D eigenvalue weighted by Crippen LogP contribution is -2.35. The van der Waals surface area contributed by atoms with Crippen molar-refractivity contribution in [1.29, 1.82) is 0 Å². The van der Waals surface area contributed by atoms with Crippen LogP contribution in [0.1, 0.15) is 0 Å². The van der Waals surface area contributed by atoms with Crippen LogP contribution >= 0.6 is 0 Å². The van der Waals surface area contributed by atoms with Gasteiger partial charge >= 0.3 is 0 Å². The standard InChI is InChI=1S/C9H22N2O2/c1-10(2)4-5-11(6-8-12)7-9-13-3/h12H,4-9H2,1-3H3. The maximum Gasteiger partial charge on any atom is 0.0589 e. The van der Waals surface area contributed by atoms with Crippen LogP contribution in [0, 0.1) is 0 Å². The summed E-state index contributed by atoms with van der Waals surface area (Å²) in [5, 5.41) is 8.81. The third kappa shape index (κ3) is 8.18. The molecule has 0 heterocycles. The molecule has 0 saturated heterocycles. The summed E-state index contributed by atoms with van der Waals surface area (Å²) in [5.41, 5.74) is 0. The van der Waals surface area contributed by atoms with Crippen LogP contribution in [-0.2, 0) is 4.74 Å². The van der Waals surface area contributed by atoms with Gasteiger partial charge in [-0.25, -0.2) is 0 Å². The molecule has 0 saturated carbocycles. The SMILES string of the molecule is COCCN(CCO)CCN(C)C. The number of hydrogen-bond donors (Lipinski definition) is 1. The van der Waals surface area contributed by atoms with Gasteiger partial charge in [0.15, 0.2) is 0 Å². The first kappa shape index (κ1) is 12.8. The summed E-state index contributed by atoms with van der Waals surface area (Å²) in [4.78, 5) is 4.33. The highest BCUT2D eigenvalue weighted by atomic mass is 16.5. The molecule has 0 spiro atoms. The Bertz CT molecular complexity index is 110. The van der Waals surface area contributed by atoms with Gasteiger partial charge in [0.1, 0.15) is 0 Å². The number of hydrogen-bond acceptors (Lipinski definition) is 4. The van der Waals surface area contributed by atoms with Gasteiger partial charge < -0.3 is 14.7 Å². The molecule has 0 amide bonds. The maximum atomic E-state index is 8.81. The third-order valence-corrected chi connectivity index (χ3v) is 1.89. The molecule has 0 radical (unpaired) electrons. The third-order valence-electron chi connectivity index (χ3n) is 1.89. The van der Waals surface area contributed by atoms with Gasteiger partial charge in [-0.15, -0.1) is 0 Å². The number of aliphatic hydroxyl groups is 1. The number of likely N-dealkylation sites (N-methyl/N-ethyl adjacent to an activating group) is 1. The van der Waals surface area contributed by atoms with E-state index in [0.29, 0.717) is 0 Å². The fraction of sp³-hybridized carbons (Fsp3) is 1.00. The molecular weight excluding hydrogens is 168 g/mol. The highest BCUT2D eigenvalue weighted by molar-refractivity contribution is 4.58. The summed E-state index contributed by atoms with van der Waals surface area (Å²) in [5.74, 6) is 0. The molecule has 13 heavy (non-hydrogen) atoms. The van der Waals surface area contributed by atoms with E-state index in [1.54, 1.807) is 7.11 Å². The number of rotatable bonds is 8. The minimum Gasteiger partial charge on any atom is -0.395 e. The Kier molecular flexibility index (Phi) is 8.33. The van der Waals surface area contributed by atoms with E-state index in [1.165, 1.54) is 0 Å². The van der Waals surface area contributed by atoms with Crippen molar-refractivity contribution in [3.63, 3.8) is 0 Å². The average Bonchev–Trinajstić information content (AvgIpc) is 2.09. The van der Waals surface area contributed by atoms with E-state index in [0.717, 1.165) is 32.8 Å². The van der Waals surface area contributed by atoms with Crippen molar-refractivity contribution in [3.05, 3.63) is 0 Å². The van der Waals surface area contributed by atoms with Crippen molar-refractivity contribution in [2.75, 3.05) is 60.6 Å². The Morgan fingerprint density at radius 3 is 2.23 bits per heavy atom. The normalized spacial score (nSPS) is 11.5. The number of nitrogens with zero attached hydrogens (tertiary/aromatic N) is 2. The number of aliphatic hydroxyl groups excluding tert-OH is 1. The van der Waals surface area contributed by atoms with Gasteiger partial charge in [-0.05, 0) is 14.1 Å². The second kappa shape index (κ2) is 8.44. The van der Waals surface area contributed by atoms with Crippen LogP contribution in [0.5, 0.6) is 0 Å².